The average molecular weight is 244 g/mol. The van der Waals surface area contributed by atoms with Gasteiger partial charge >= 0.3 is 0 Å². The van der Waals surface area contributed by atoms with Crippen molar-refractivity contribution in [3.05, 3.63) is 47.4 Å². The molecule has 0 radical (unpaired) electrons. The van der Waals surface area contributed by atoms with Crippen LogP contribution in [0.1, 0.15) is 17.7 Å². The quantitative estimate of drug-likeness (QED) is 0.826. The second-order valence-electron chi connectivity index (χ2n) is 4.37. The molecule has 0 bridgehead atoms. The van der Waals surface area contributed by atoms with E-state index in [1.54, 1.807) is 18.2 Å². The molecule has 18 heavy (non-hydrogen) atoms. The van der Waals surface area contributed by atoms with Gasteiger partial charge in [-0.2, -0.15) is 0 Å². The summed E-state index contributed by atoms with van der Waals surface area (Å²) < 4.78 is 19.0. The zero-order chi connectivity index (χ0) is 12.5. The van der Waals surface area contributed by atoms with Gasteiger partial charge in [-0.3, -0.25) is 0 Å². The maximum Gasteiger partial charge on any atom is 0.219 e. The SMILES string of the molecule is Nc1cccc(F)c1Oc1ccc2c(n1)CCC2. The molecule has 3 nitrogen and oxygen atoms in total. The Hall–Kier alpha value is -2.10. The van der Waals surface area contributed by atoms with Crippen molar-refractivity contribution in [1.29, 1.82) is 0 Å². The zero-order valence-corrected chi connectivity index (χ0v) is 9.82. The molecular weight excluding hydrogens is 231 g/mol. The Balaban J connectivity index is 1.93. The van der Waals surface area contributed by atoms with Crippen molar-refractivity contribution in [2.24, 2.45) is 0 Å². The summed E-state index contributed by atoms with van der Waals surface area (Å²) in [5.74, 6) is -0.0345. The van der Waals surface area contributed by atoms with Crippen molar-refractivity contribution in [3.63, 3.8) is 0 Å². The summed E-state index contributed by atoms with van der Waals surface area (Å²) in [6.07, 6.45) is 3.14. The Bertz CT molecular complexity index is 578. The van der Waals surface area contributed by atoms with Gasteiger partial charge in [0.05, 0.1) is 5.69 Å². The highest BCUT2D eigenvalue weighted by Gasteiger charge is 2.15. The second-order valence-corrected chi connectivity index (χ2v) is 4.37. The number of hydrogen-bond donors (Lipinski definition) is 1. The molecule has 0 fully saturated rings. The molecule has 0 spiro atoms. The standard InChI is InChI=1S/C14H13FN2O/c15-10-4-2-5-11(16)14(10)18-13-8-7-9-3-1-6-12(9)17-13/h2,4-5,7-8H,1,3,6,16H2. The molecule has 0 aliphatic heterocycles. The van der Waals surface area contributed by atoms with Crippen LogP contribution in [0.25, 0.3) is 0 Å². The lowest BCUT2D eigenvalue weighted by atomic mass is 10.2. The van der Waals surface area contributed by atoms with Gasteiger partial charge in [0, 0.05) is 11.8 Å². The van der Waals surface area contributed by atoms with Gasteiger partial charge in [0.1, 0.15) is 0 Å². The molecule has 2 aromatic rings. The Labute approximate surface area is 104 Å². The van der Waals surface area contributed by atoms with E-state index in [1.807, 2.05) is 6.07 Å². The van der Waals surface area contributed by atoms with Crippen LogP contribution in [0.2, 0.25) is 0 Å². The number of rotatable bonds is 2. The van der Waals surface area contributed by atoms with Gasteiger partial charge in [0.15, 0.2) is 11.6 Å². The van der Waals surface area contributed by atoms with Crippen molar-refractivity contribution in [2.75, 3.05) is 5.73 Å². The summed E-state index contributed by atoms with van der Waals surface area (Å²) in [6.45, 7) is 0. The van der Waals surface area contributed by atoms with Gasteiger partial charge < -0.3 is 10.5 Å². The normalized spacial score (nSPS) is 13.4. The number of fused-ring (bicyclic) bond motifs is 1. The third-order valence-electron chi connectivity index (χ3n) is 3.11. The third kappa shape index (κ3) is 1.90. The minimum atomic E-state index is -0.475. The number of para-hydroxylation sites is 1. The molecule has 0 unspecified atom stereocenters. The van der Waals surface area contributed by atoms with E-state index >= 15 is 0 Å². The average Bonchev–Trinajstić information content (AvgIpc) is 2.81. The van der Waals surface area contributed by atoms with E-state index in [9.17, 15) is 4.39 Å². The zero-order valence-electron chi connectivity index (χ0n) is 9.82. The number of nitrogens with two attached hydrogens (primary N) is 1. The van der Waals surface area contributed by atoms with Crippen molar-refractivity contribution in [3.8, 4) is 11.6 Å². The van der Waals surface area contributed by atoms with Gasteiger partial charge in [0.25, 0.3) is 0 Å². The first-order valence-corrected chi connectivity index (χ1v) is 5.94. The van der Waals surface area contributed by atoms with Crippen LogP contribution in [0.3, 0.4) is 0 Å². The number of anilines is 1. The summed E-state index contributed by atoms with van der Waals surface area (Å²) in [7, 11) is 0. The highest BCUT2D eigenvalue weighted by atomic mass is 19.1. The summed E-state index contributed by atoms with van der Waals surface area (Å²) in [5.41, 5.74) is 8.26. The van der Waals surface area contributed by atoms with E-state index < -0.39 is 5.82 Å². The molecule has 3 rings (SSSR count). The van der Waals surface area contributed by atoms with E-state index in [0.717, 1.165) is 25.0 Å². The van der Waals surface area contributed by atoms with Crippen LogP contribution in [0, 0.1) is 5.82 Å². The summed E-state index contributed by atoms with van der Waals surface area (Å²) in [5, 5.41) is 0. The molecular formula is C14H13FN2O. The number of halogens is 1. The van der Waals surface area contributed by atoms with Crippen LogP contribution in [0.5, 0.6) is 11.6 Å². The molecule has 2 N–H and O–H groups in total. The first-order chi connectivity index (χ1) is 8.74. The van der Waals surface area contributed by atoms with Crippen molar-refractivity contribution in [1.82, 2.24) is 4.98 Å². The Morgan fingerprint density at radius 1 is 1.17 bits per heavy atom. The van der Waals surface area contributed by atoms with Crippen molar-refractivity contribution in [2.45, 2.75) is 19.3 Å². The molecule has 0 atom stereocenters. The van der Waals surface area contributed by atoms with Crippen LogP contribution in [0.4, 0.5) is 10.1 Å². The van der Waals surface area contributed by atoms with Crippen LogP contribution >= 0.6 is 0 Å². The predicted molar refractivity (Wildman–Crippen MR) is 67.1 cm³/mol. The third-order valence-corrected chi connectivity index (χ3v) is 3.11. The molecule has 1 aromatic heterocycles. The van der Waals surface area contributed by atoms with Gasteiger partial charge in [-0.25, -0.2) is 9.37 Å². The number of pyridine rings is 1. The maximum absolute atomic E-state index is 13.6. The Kier molecular flexibility index (Phi) is 2.63. The lowest BCUT2D eigenvalue weighted by Gasteiger charge is -2.09. The fourth-order valence-electron chi connectivity index (χ4n) is 2.20. The van der Waals surface area contributed by atoms with Crippen LogP contribution < -0.4 is 10.5 Å². The molecule has 1 heterocycles. The summed E-state index contributed by atoms with van der Waals surface area (Å²) in [4.78, 5) is 4.39. The topological polar surface area (TPSA) is 48.1 Å². The molecule has 0 saturated carbocycles. The Morgan fingerprint density at radius 2 is 2.06 bits per heavy atom. The van der Waals surface area contributed by atoms with Gasteiger partial charge in [-0.15, -0.1) is 0 Å². The number of aryl methyl sites for hydroxylation is 2. The molecule has 4 heteroatoms. The number of aromatic nitrogens is 1. The lowest BCUT2D eigenvalue weighted by molar-refractivity contribution is 0.428. The fraction of sp³-hybridized carbons (Fsp3) is 0.214. The second kappa shape index (κ2) is 4.29. The molecule has 0 amide bonds. The smallest absolute Gasteiger partial charge is 0.219 e. The Morgan fingerprint density at radius 3 is 2.89 bits per heavy atom. The monoisotopic (exact) mass is 244 g/mol. The minimum Gasteiger partial charge on any atom is -0.434 e. The van der Waals surface area contributed by atoms with E-state index in [2.05, 4.69) is 4.98 Å². The van der Waals surface area contributed by atoms with Gasteiger partial charge in [-0.05, 0) is 37.0 Å². The molecule has 0 saturated heterocycles. The predicted octanol–water partition coefficient (Wildman–Crippen LogP) is 3.08. The molecule has 1 aliphatic rings. The highest BCUT2D eigenvalue weighted by molar-refractivity contribution is 5.54. The number of ether oxygens (including phenoxy) is 1. The summed E-state index contributed by atoms with van der Waals surface area (Å²) in [6, 6.07) is 8.22. The first kappa shape index (κ1) is 11.0. The van der Waals surface area contributed by atoms with Crippen molar-refractivity contribution >= 4 is 5.69 Å². The first-order valence-electron chi connectivity index (χ1n) is 5.94. The van der Waals surface area contributed by atoms with Crippen LogP contribution in [-0.4, -0.2) is 4.98 Å². The van der Waals surface area contributed by atoms with E-state index in [0.29, 0.717) is 5.88 Å². The van der Waals surface area contributed by atoms with Crippen LogP contribution in [0.15, 0.2) is 30.3 Å². The number of nitrogens with zero attached hydrogens (tertiary/aromatic N) is 1. The van der Waals surface area contributed by atoms with Crippen molar-refractivity contribution < 1.29 is 9.13 Å². The maximum atomic E-state index is 13.6. The number of benzene rings is 1. The minimum absolute atomic E-state index is 0.0444. The number of nitrogen functional groups attached to an aromatic ring is 1. The largest absolute Gasteiger partial charge is 0.434 e. The van der Waals surface area contributed by atoms with Gasteiger partial charge in [-0.1, -0.05) is 12.1 Å². The molecule has 1 aromatic carbocycles. The molecule has 92 valence electrons. The fourth-order valence-corrected chi connectivity index (χ4v) is 2.20. The van der Waals surface area contributed by atoms with E-state index in [-0.39, 0.29) is 11.4 Å². The lowest BCUT2D eigenvalue weighted by Crippen LogP contribution is -1.98. The molecule has 1 aliphatic carbocycles. The number of hydrogen-bond acceptors (Lipinski definition) is 3. The summed E-state index contributed by atoms with van der Waals surface area (Å²) >= 11 is 0. The van der Waals surface area contributed by atoms with E-state index in [1.165, 1.54) is 11.6 Å². The highest BCUT2D eigenvalue weighted by Crippen LogP contribution is 2.30. The van der Waals surface area contributed by atoms with Gasteiger partial charge in [0.2, 0.25) is 5.88 Å². The van der Waals surface area contributed by atoms with Crippen LogP contribution in [-0.2, 0) is 12.8 Å². The van der Waals surface area contributed by atoms with E-state index in [4.69, 9.17) is 10.5 Å².